The lowest BCUT2D eigenvalue weighted by Gasteiger charge is -2.29. The summed E-state index contributed by atoms with van der Waals surface area (Å²) < 4.78 is -0.403. The van der Waals surface area contributed by atoms with Crippen LogP contribution in [-0.2, 0) is 11.3 Å². The zero-order valence-corrected chi connectivity index (χ0v) is 9.65. The van der Waals surface area contributed by atoms with Gasteiger partial charge in [0.25, 0.3) is 0 Å². The number of anilines is 1. The molecule has 0 aromatic heterocycles. The number of fused-ring (bicyclic) bond motifs is 1. The van der Waals surface area contributed by atoms with Crippen molar-refractivity contribution in [2.45, 2.75) is 30.0 Å². The van der Waals surface area contributed by atoms with E-state index in [1.165, 1.54) is 0 Å². The largest absolute Gasteiger partial charge is 0.326 e. The van der Waals surface area contributed by atoms with Gasteiger partial charge in [0.1, 0.15) is 0 Å². The number of benzene rings is 1. The van der Waals surface area contributed by atoms with Crippen molar-refractivity contribution in [2.75, 3.05) is 5.32 Å². The van der Waals surface area contributed by atoms with Gasteiger partial charge in [-0.25, -0.2) is 0 Å². The Morgan fingerprint density at radius 2 is 2.20 bits per heavy atom. The number of hydrogen-bond acceptors (Lipinski definition) is 3. The van der Waals surface area contributed by atoms with Crippen LogP contribution in [0, 0.1) is 0 Å². The molecule has 1 aromatic carbocycles. The first-order valence-electron chi connectivity index (χ1n) is 4.86. The zero-order valence-electron chi connectivity index (χ0n) is 8.83. The lowest BCUT2D eigenvalue weighted by molar-refractivity contribution is -0.117. The maximum absolute atomic E-state index is 11.7. The third-order valence-electron chi connectivity index (χ3n) is 2.44. The molecule has 0 radical (unpaired) electrons. The summed E-state index contributed by atoms with van der Waals surface area (Å²) in [6.45, 7) is 4.37. The minimum absolute atomic E-state index is 0.0560. The minimum Gasteiger partial charge on any atom is -0.326 e. The topological polar surface area (TPSA) is 55.1 Å². The first-order valence-corrected chi connectivity index (χ1v) is 5.68. The van der Waals surface area contributed by atoms with Gasteiger partial charge in [0.2, 0.25) is 5.91 Å². The normalized spacial score (nSPS) is 18.2. The number of nitrogens with two attached hydrogens (primary N) is 1. The number of rotatable bonds is 1. The lowest BCUT2D eigenvalue weighted by Crippen LogP contribution is -2.37. The molecule has 1 amide bonds. The number of amides is 1. The van der Waals surface area contributed by atoms with E-state index in [1.54, 1.807) is 11.8 Å². The van der Waals surface area contributed by atoms with Crippen molar-refractivity contribution in [3.8, 4) is 0 Å². The van der Waals surface area contributed by atoms with Crippen LogP contribution in [0.2, 0.25) is 0 Å². The fourth-order valence-electron chi connectivity index (χ4n) is 1.48. The second-order valence-corrected chi connectivity index (χ2v) is 5.77. The van der Waals surface area contributed by atoms with Gasteiger partial charge in [-0.3, -0.25) is 4.79 Å². The predicted molar refractivity (Wildman–Crippen MR) is 62.9 cm³/mol. The summed E-state index contributed by atoms with van der Waals surface area (Å²) in [5.41, 5.74) is 7.56. The maximum atomic E-state index is 11.7. The van der Waals surface area contributed by atoms with Crippen molar-refractivity contribution < 1.29 is 4.79 Å². The van der Waals surface area contributed by atoms with Gasteiger partial charge in [0, 0.05) is 11.4 Å². The molecule has 0 spiro atoms. The Hall–Kier alpha value is -1.00. The van der Waals surface area contributed by atoms with E-state index in [0.717, 1.165) is 16.1 Å². The van der Waals surface area contributed by atoms with E-state index in [1.807, 2.05) is 32.0 Å². The standard InChI is InChI=1S/C11H14N2OS/c1-11(2)10(14)13-8-4-3-7(6-12)5-9(8)15-11/h3-5H,6,12H2,1-2H3,(H,13,14). The molecule has 1 heterocycles. The molecule has 0 saturated heterocycles. The van der Waals surface area contributed by atoms with Gasteiger partial charge in [-0.1, -0.05) is 6.07 Å². The number of nitrogens with one attached hydrogen (secondary N) is 1. The average molecular weight is 222 g/mol. The molecule has 80 valence electrons. The molecule has 0 bridgehead atoms. The fraction of sp³-hybridized carbons (Fsp3) is 0.364. The van der Waals surface area contributed by atoms with Crippen molar-refractivity contribution in [3.05, 3.63) is 23.8 Å². The molecule has 0 unspecified atom stereocenters. The quantitative estimate of drug-likeness (QED) is 0.763. The Morgan fingerprint density at radius 3 is 2.87 bits per heavy atom. The van der Waals surface area contributed by atoms with Crippen molar-refractivity contribution in [3.63, 3.8) is 0 Å². The van der Waals surface area contributed by atoms with E-state index in [4.69, 9.17) is 5.73 Å². The molecule has 0 saturated carbocycles. The number of carbonyl (C=O) groups is 1. The fourth-order valence-corrected chi connectivity index (χ4v) is 2.61. The predicted octanol–water partition coefficient (Wildman–Crippen LogP) is 1.97. The molecular weight excluding hydrogens is 208 g/mol. The van der Waals surface area contributed by atoms with Crippen LogP contribution in [-0.4, -0.2) is 10.7 Å². The summed E-state index contributed by atoms with van der Waals surface area (Å²) in [6.07, 6.45) is 0. The minimum atomic E-state index is -0.403. The Kier molecular flexibility index (Phi) is 2.48. The van der Waals surface area contributed by atoms with E-state index in [0.29, 0.717) is 6.54 Å². The van der Waals surface area contributed by atoms with E-state index in [9.17, 15) is 4.79 Å². The van der Waals surface area contributed by atoms with Crippen LogP contribution in [0.25, 0.3) is 0 Å². The van der Waals surface area contributed by atoms with Gasteiger partial charge in [-0.05, 0) is 31.5 Å². The monoisotopic (exact) mass is 222 g/mol. The Bertz CT molecular complexity index is 415. The molecular formula is C11H14N2OS. The molecule has 15 heavy (non-hydrogen) atoms. The number of thioether (sulfide) groups is 1. The average Bonchev–Trinajstić information content (AvgIpc) is 2.18. The van der Waals surface area contributed by atoms with E-state index in [-0.39, 0.29) is 5.91 Å². The van der Waals surface area contributed by atoms with E-state index in [2.05, 4.69) is 5.32 Å². The molecule has 3 N–H and O–H groups in total. The highest BCUT2D eigenvalue weighted by atomic mass is 32.2. The Balaban J connectivity index is 2.42. The first kappa shape index (κ1) is 10.5. The van der Waals surface area contributed by atoms with Gasteiger partial charge >= 0.3 is 0 Å². The molecule has 1 aliphatic heterocycles. The van der Waals surface area contributed by atoms with Crippen LogP contribution in [0.3, 0.4) is 0 Å². The SMILES string of the molecule is CC1(C)Sc2cc(CN)ccc2NC1=O. The highest BCUT2D eigenvalue weighted by Crippen LogP contribution is 2.42. The molecule has 1 aromatic rings. The highest BCUT2D eigenvalue weighted by Gasteiger charge is 2.34. The summed E-state index contributed by atoms with van der Waals surface area (Å²) in [5.74, 6) is 0.0560. The third-order valence-corrected chi connectivity index (χ3v) is 3.70. The van der Waals surface area contributed by atoms with Crippen LogP contribution < -0.4 is 11.1 Å². The molecule has 4 heteroatoms. The van der Waals surface area contributed by atoms with Crippen molar-refractivity contribution in [1.82, 2.24) is 0 Å². The Morgan fingerprint density at radius 1 is 1.47 bits per heavy atom. The summed E-state index contributed by atoms with van der Waals surface area (Å²) in [5, 5.41) is 2.90. The summed E-state index contributed by atoms with van der Waals surface area (Å²) in [6, 6.07) is 5.90. The summed E-state index contributed by atoms with van der Waals surface area (Å²) >= 11 is 1.58. The molecule has 0 atom stereocenters. The van der Waals surface area contributed by atoms with Crippen LogP contribution in [0.15, 0.2) is 23.1 Å². The van der Waals surface area contributed by atoms with Crippen LogP contribution in [0.1, 0.15) is 19.4 Å². The molecule has 1 aliphatic rings. The smallest absolute Gasteiger partial charge is 0.240 e. The van der Waals surface area contributed by atoms with Gasteiger partial charge in [0.15, 0.2) is 0 Å². The second-order valence-electron chi connectivity index (χ2n) is 4.10. The molecule has 0 fully saturated rings. The molecule has 2 rings (SSSR count). The second kappa shape index (κ2) is 3.54. The van der Waals surface area contributed by atoms with Crippen molar-refractivity contribution in [1.29, 1.82) is 0 Å². The molecule has 0 aliphatic carbocycles. The third kappa shape index (κ3) is 1.87. The van der Waals surface area contributed by atoms with E-state index >= 15 is 0 Å². The van der Waals surface area contributed by atoms with Gasteiger partial charge in [0.05, 0.1) is 10.4 Å². The number of carbonyl (C=O) groups excluding carboxylic acids is 1. The maximum Gasteiger partial charge on any atom is 0.240 e. The highest BCUT2D eigenvalue weighted by molar-refractivity contribution is 8.01. The van der Waals surface area contributed by atoms with Crippen LogP contribution in [0.4, 0.5) is 5.69 Å². The molecule has 3 nitrogen and oxygen atoms in total. The lowest BCUT2D eigenvalue weighted by atomic mass is 10.1. The number of hydrogen-bond donors (Lipinski definition) is 2. The van der Waals surface area contributed by atoms with Gasteiger partial charge in [-0.2, -0.15) is 0 Å². The summed E-state index contributed by atoms with van der Waals surface area (Å²) in [7, 11) is 0. The van der Waals surface area contributed by atoms with Gasteiger partial charge in [-0.15, -0.1) is 11.8 Å². The van der Waals surface area contributed by atoms with E-state index < -0.39 is 4.75 Å². The zero-order chi connectivity index (χ0) is 11.1. The van der Waals surface area contributed by atoms with Gasteiger partial charge < -0.3 is 11.1 Å². The Labute approximate surface area is 93.4 Å². The van der Waals surface area contributed by atoms with Crippen LogP contribution in [0.5, 0.6) is 0 Å². The summed E-state index contributed by atoms with van der Waals surface area (Å²) in [4.78, 5) is 12.8. The van der Waals surface area contributed by atoms with Crippen LogP contribution >= 0.6 is 11.8 Å². The van der Waals surface area contributed by atoms with Crippen molar-refractivity contribution in [2.24, 2.45) is 5.73 Å². The first-order chi connectivity index (χ1) is 7.03. The van der Waals surface area contributed by atoms with Crippen molar-refractivity contribution >= 4 is 23.4 Å².